The molecule has 5 aromatic rings. The van der Waals surface area contributed by atoms with Crippen molar-refractivity contribution in [1.82, 2.24) is 39.7 Å². The van der Waals surface area contributed by atoms with Crippen molar-refractivity contribution in [1.29, 1.82) is 0 Å². The number of amides is 1. The van der Waals surface area contributed by atoms with Gasteiger partial charge in [0, 0.05) is 47.1 Å². The molecule has 0 unspecified atom stereocenters. The van der Waals surface area contributed by atoms with E-state index in [9.17, 15) is 22.0 Å². The molecule has 16 heteroatoms. The minimum Gasteiger partial charge on any atom is -0.494 e. The molecule has 6 heterocycles. The SMILES string of the molecule is COc1ccc(-c2ccc(-c3cnn4c(N)c(S(C)(=O)=O)c([C@H]5C[C@H]6CC[C@@H](C5)N6C(=O)c5nnc[nH]5)nc34)cn2)c(F)c1F. The molecule has 1 amide bonds. The summed E-state index contributed by atoms with van der Waals surface area (Å²) in [5.41, 5.74) is 8.36. The molecule has 232 valence electrons. The Kier molecular flexibility index (Phi) is 6.76. The predicted octanol–water partition coefficient (Wildman–Crippen LogP) is 3.40. The maximum atomic E-state index is 14.7. The number of anilines is 1. The van der Waals surface area contributed by atoms with Crippen LogP contribution in [-0.2, 0) is 9.84 Å². The predicted molar refractivity (Wildman–Crippen MR) is 157 cm³/mol. The van der Waals surface area contributed by atoms with E-state index in [0.717, 1.165) is 19.1 Å². The van der Waals surface area contributed by atoms with Crippen LogP contribution in [-0.4, -0.2) is 79.4 Å². The fourth-order valence-corrected chi connectivity index (χ4v) is 7.70. The summed E-state index contributed by atoms with van der Waals surface area (Å²) in [6, 6.07) is 5.63. The van der Waals surface area contributed by atoms with Crippen LogP contribution >= 0.6 is 0 Å². The second kappa shape index (κ2) is 10.6. The first-order chi connectivity index (χ1) is 21.6. The third-order valence-corrected chi connectivity index (χ3v) is 9.79. The number of pyridine rings is 1. The first-order valence-corrected chi connectivity index (χ1v) is 16.0. The number of benzene rings is 1. The van der Waals surface area contributed by atoms with E-state index in [2.05, 4.69) is 25.3 Å². The van der Waals surface area contributed by atoms with Crippen LogP contribution in [0.25, 0.3) is 28.0 Å². The topological polar surface area (TPSA) is 174 Å². The number of fused-ring (bicyclic) bond motifs is 3. The van der Waals surface area contributed by atoms with Crippen molar-refractivity contribution in [2.45, 2.75) is 48.6 Å². The maximum Gasteiger partial charge on any atom is 0.292 e. The molecule has 2 aliphatic heterocycles. The van der Waals surface area contributed by atoms with Gasteiger partial charge in [-0.2, -0.15) is 14.0 Å². The standard InChI is InChI=1S/C29H27F2N9O4S/c1-44-21-8-6-18(22(30)23(21)31)20-7-3-14(11-33-20)19-12-36-40-26(32)25(45(2,42)43)24(37-28(19)40)15-9-16-4-5-17(10-15)39(16)29(41)27-34-13-35-38-27/h3,6-8,11-13,15-17H,4-5,9-10,32H2,1-2H3,(H,34,35,38)/t15-,16+,17-. The van der Waals surface area contributed by atoms with Crippen molar-refractivity contribution in [3.05, 3.63) is 66.1 Å². The van der Waals surface area contributed by atoms with E-state index in [1.165, 1.54) is 48.5 Å². The highest BCUT2D eigenvalue weighted by Gasteiger charge is 2.46. The molecule has 3 atom stereocenters. The lowest BCUT2D eigenvalue weighted by molar-refractivity contribution is 0.0556. The molecule has 1 aromatic carbocycles. The van der Waals surface area contributed by atoms with Gasteiger partial charge in [-0.15, -0.1) is 10.2 Å². The largest absolute Gasteiger partial charge is 0.494 e. The van der Waals surface area contributed by atoms with Crippen LogP contribution in [0.1, 0.15) is 47.9 Å². The van der Waals surface area contributed by atoms with Crippen LogP contribution in [0.2, 0.25) is 0 Å². The number of sulfone groups is 1. The van der Waals surface area contributed by atoms with Crippen LogP contribution in [0.5, 0.6) is 5.75 Å². The number of rotatable bonds is 6. The fourth-order valence-electron chi connectivity index (χ4n) is 6.64. The molecule has 2 aliphatic rings. The van der Waals surface area contributed by atoms with Gasteiger partial charge in [-0.1, -0.05) is 6.07 Å². The molecule has 0 saturated carbocycles. The summed E-state index contributed by atoms with van der Waals surface area (Å²) in [6.07, 6.45) is 7.93. The molecule has 0 radical (unpaired) electrons. The Morgan fingerprint density at radius 3 is 2.44 bits per heavy atom. The summed E-state index contributed by atoms with van der Waals surface area (Å²) in [5.74, 6) is -2.86. The lowest BCUT2D eigenvalue weighted by atomic mass is 9.87. The van der Waals surface area contributed by atoms with E-state index in [1.54, 1.807) is 6.07 Å². The summed E-state index contributed by atoms with van der Waals surface area (Å²) in [4.78, 5) is 26.9. The molecule has 7 rings (SSSR count). The van der Waals surface area contributed by atoms with E-state index in [0.29, 0.717) is 35.3 Å². The number of halogens is 2. The van der Waals surface area contributed by atoms with Crippen LogP contribution in [0.3, 0.4) is 0 Å². The maximum absolute atomic E-state index is 14.7. The molecule has 0 aliphatic carbocycles. The highest BCUT2D eigenvalue weighted by atomic mass is 32.2. The van der Waals surface area contributed by atoms with Gasteiger partial charge in [0.05, 0.1) is 24.7 Å². The number of nitrogens with two attached hydrogens (primary N) is 1. The summed E-state index contributed by atoms with van der Waals surface area (Å²) in [5, 5.41) is 11.9. The van der Waals surface area contributed by atoms with E-state index in [-0.39, 0.29) is 57.5 Å². The zero-order valence-corrected chi connectivity index (χ0v) is 24.9. The van der Waals surface area contributed by atoms with Crippen molar-refractivity contribution in [3.8, 4) is 28.1 Å². The zero-order chi connectivity index (χ0) is 31.6. The van der Waals surface area contributed by atoms with Gasteiger partial charge in [-0.25, -0.2) is 17.8 Å². The van der Waals surface area contributed by atoms with Gasteiger partial charge in [-0.3, -0.25) is 9.78 Å². The van der Waals surface area contributed by atoms with Crippen LogP contribution in [0.15, 0.2) is 47.9 Å². The van der Waals surface area contributed by atoms with Crippen LogP contribution in [0, 0.1) is 11.6 Å². The Bertz CT molecular complexity index is 2050. The second-order valence-electron chi connectivity index (χ2n) is 11.3. The van der Waals surface area contributed by atoms with Gasteiger partial charge in [0.2, 0.25) is 11.6 Å². The quantitative estimate of drug-likeness (QED) is 0.281. The Hall–Kier alpha value is -4.99. The molecule has 2 fully saturated rings. The summed E-state index contributed by atoms with van der Waals surface area (Å²) < 4.78 is 61.3. The number of aromatic amines is 1. The fraction of sp³-hybridized carbons (Fsp3) is 0.310. The van der Waals surface area contributed by atoms with Crippen molar-refractivity contribution in [2.75, 3.05) is 19.1 Å². The van der Waals surface area contributed by atoms with Crippen molar-refractivity contribution >= 4 is 27.2 Å². The second-order valence-corrected chi connectivity index (χ2v) is 13.2. The molecule has 2 bridgehead atoms. The third-order valence-electron chi connectivity index (χ3n) is 8.63. The lowest BCUT2D eigenvalue weighted by Gasteiger charge is -2.38. The molecular weight excluding hydrogens is 608 g/mol. The Labute approximate surface area is 255 Å². The first-order valence-electron chi connectivity index (χ1n) is 14.1. The number of carbonyl (C=O) groups is 1. The lowest BCUT2D eigenvalue weighted by Crippen LogP contribution is -2.46. The first kappa shape index (κ1) is 28.8. The molecule has 3 N–H and O–H groups in total. The number of hydrogen-bond donors (Lipinski definition) is 2. The van der Waals surface area contributed by atoms with Crippen molar-refractivity contribution in [2.24, 2.45) is 0 Å². The number of nitrogens with zero attached hydrogens (tertiary/aromatic N) is 7. The Balaban J connectivity index is 1.27. The number of nitrogens with one attached hydrogen (secondary N) is 1. The van der Waals surface area contributed by atoms with E-state index in [1.807, 2.05) is 4.90 Å². The number of H-pyrrole nitrogens is 1. The number of aromatic nitrogens is 7. The number of piperidine rings is 1. The van der Waals surface area contributed by atoms with Crippen LogP contribution < -0.4 is 10.5 Å². The molecule has 45 heavy (non-hydrogen) atoms. The molecule has 4 aromatic heterocycles. The van der Waals surface area contributed by atoms with E-state index < -0.39 is 21.5 Å². The monoisotopic (exact) mass is 635 g/mol. The molecular formula is C29H27F2N9O4S. The average Bonchev–Trinajstić information content (AvgIpc) is 3.76. The Morgan fingerprint density at radius 2 is 1.82 bits per heavy atom. The van der Waals surface area contributed by atoms with E-state index >= 15 is 0 Å². The van der Waals surface area contributed by atoms with Gasteiger partial charge in [-0.05, 0) is 43.9 Å². The normalized spacial score (nSPS) is 19.7. The summed E-state index contributed by atoms with van der Waals surface area (Å²) in [6.45, 7) is 0. The minimum atomic E-state index is -3.83. The number of nitrogen functional groups attached to an aromatic ring is 1. The van der Waals surface area contributed by atoms with Crippen molar-refractivity contribution in [3.63, 3.8) is 0 Å². The van der Waals surface area contributed by atoms with Crippen molar-refractivity contribution < 1.29 is 26.7 Å². The van der Waals surface area contributed by atoms with E-state index in [4.69, 9.17) is 15.5 Å². The summed E-state index contributed by atoms with van der Waals surface area (Å²) >= 11 is 0. The summed E-state index contributed by atoms with van der Waals surface area (Å²) in [7, 11) is -2.58. The van der Waals surface area contributed by atoms with Gasteiger partial charge in [0.25, 0.3) is 5.91 Å². The minimum absolute atomic E-state index is 0.0371. The highest BCUT2D eigenvalue weighted by Crippen LogP contribution is 2.45. The van der Waals surface area contributed by atoms with Gasteiger partial charge < -0.3 is 20.4 Å². The number of ether oxygens (including phenoxy) is 1. The molecule has 2 saturated heterocycles. The van der Waals surface area contributed by atoms with Gasteiger partial charge in [0.15, 0.2) is 27.1 Å². The number of methoxy groups -OCH3 is 1. The highest BCUT2D eigenvalue weighted by molar-refractivity contribution is 7.91. The molecule has 0 spiro atoms. The van der Waals surface area contributed by atoms with Gasteiger partial charge in [0.1, 0.15) is 17.0 Å². The average molecular weight is 636 g/mol. The van der Waals surface area contributed by atoms with Gasteiger partial charge >= 0.3 is 0 Å². The van der Waals surface area contributed by atoms with Crippen LogP contribution in [0.4, 0.5) is 14.6 Å². The molecule has 13 nitrogen and oxygen atoms in total. The number of carbonyl (C=O) groups excluding carboxylic acids is 1. The number of hydrogen-bond acceptors (Lipinski definition) is 10. The smallest absolute Gasteiger partial charge is 0.292 e. The Morgan fingerprint density at radius 1 is 1.07 bits per heavy atom. The third kappa shape index (κ3) is 4.67. The zero-order valence-electron chi connectivity index (χ0n) is 24.1.